The highest BCUT2D eigenvalue weighted by molar-refractivity contribution is 5.97. The van der Waals surface area contributed by atoms with Crippen molar-refractivity contribution >= 4 is 11.6 Å². The Morgan fingerprint density at radius 2 is 2.20 bits per heavy atom. The highest BCUT2D eigenvalue weighted by atomic mass is 19.4. The van der Waals surface area contributed by atoms with Crippen LogP contribution in [-0.4, -0.2) is 39.4 Å². The van der Waals surface area contributed by atoms with E-state index < -0.39 is 24.7 Å². The summed E-state index contributed by atoms with van der Waals surface area (Å²) < 4.78 is 39.4. The number of nitrogen functional groups attached to an aromatic ring is 1. The fourth-order valence-electron chi connectivity index (χ4n) is 2.24. The third kappa shape index (κ3) is 3.23. The lowest BCUT2D eigenvalue weighted by molar-refractivity contribution is -0.144. The Labute approximate surface area is 114 Å². The number of alkyl halides is 3. The van der Waals surface area contributed by atoms with Gasteiger partial charge in [0.25, 0.3) is 5.91 Å². The molecule has 1 unspecified atom stereocenters. The first-order valence-corrected chi connectivity index (χ1v) is 6.36. The number of hydrogen-bond acceptors (Lipinski definition) is 3. The third-order valence-corrected chi connectivity index (χ3v) is 3.47. The van der Waals surface area contributed by atoms with Crippen molar-refractivity contribution < 1.29 is 18.0 Å². The minimum Gasteiger partial charge on any atom is -0.396 e. The maximum Gasteiger partial charge on any atom is 0.406 e. The van der Waals surface area contributed by atoms with Crippen molar-refractivity contribution in [3.05, 3.63) is 11.9 Å². The molecule has 1 aromatic rings. The first-order chi connectivity index (χ1) is 9.19. The fourth-order valence-corrected chi connectivity index (χ4v) is 2.24. The van der Waals surface area contributed by atoms with E-state index in [-0.39, 0.29) is 17.3 Å². The molecule has 0 bridgehead atoms. The van der Waals surface area contributed by atoms with Gasteiger partial charge in [-0.05, 0) is 25.7 Å². The summed E-state index contributed by atoms with van der Waals surface area (Å²) >= 11 is 0. The predicted molar refractivity (Wildman–Crippen MR) is 66.9 cm³/mol. The molecule has 1 fully saturated rings. The third-order valence-electron chi connectivity index (χ3n) is 3.47. The van der Waals surface area contributed by atoms with Crippen LogP contribution in [0.2, 0.25) is 0 Å². The molecule has 2 N–H and O–H groups in total. The summed E-state index contributed by atoms with van der Waals surface area (Å²) in [6.45, 7) is 0.361. The number of carbonyl (C=O) groups is 1. The van der Waals surface area contributed by atoms with Gasteiger partial charge in [0, 0.05) is 19.3 Å². The Balaban J connectivity index is 2.25. The van der Waals surface area contributed by atoms with E-state index in [4.69, 9.17) is 5.73 Å². The molecule has 0 aliphatic heterocycles. The van der Waals surface area contributed by atoms with Gasteiger partial charge in [0.1, 0.15) is 6.54 Å². The molecule has 1 amide bonds. The van der Waals surface area contributed by atoms with Crippen LogP contribution in [0.3, 0.4) is 0 Å². The van der Waals surface area contributed by atoms with Crippen LogP contribution in [0.4, 0.5) is 18.9 Å². The second-order valence-corrected chi connectivity index (χ2v) is 5.23. The van der Waals surface area contributed by atoms with Crippen LogP contribution in [0.5, 0.6) is 0 Å². The summed E-state index contributed by atoms with van der Waals surface area (Å²) in [7, 11) is 1.56. The Bertz CT molecular complexity index is 507. The van der Waals surface area contributed by atoms with Gasteiger partial charge in [-0.25, -0.2) is 0 Å². The number of aryl methyl sites for hydroxylation is 1. The molecule has 2 rings (SSSR count). The maximum absolute atomic E-state index is 12.7. The van der Waals surface area contributed by atoms with Gasteiger partial charge in [-0.15, -0.1) is 0 Å². The second-order valence-electron chi connectivity index (χ2n) is 5.23. The van der Waals surface area contributed by atoms with Gasteiger partial charge in [0.15, 0.2) is 5.69 Å². The van der Waals surface area contributed by atoms with Crippen molar-refractivity contribution in [1.82, 2.24) is 14.7 Å². The highest BCUT2D eigenvalue weighted by Crippen LogP contribution is 2.36. The summed E-state index contributed by atoms with van der Waals surface area (Å²) in [5, 5.41) is 3.86. The van der Waals surface area contributed by atoms with Crippen molar-refractivity contribution in [3.63, 3.8) is 0 Å². The number of nitrogens with two attached hydrogens (primary N) is 1. The topological polar surface area (TPSA) is 64.2 Å². The Hall–Kier alpha value is -1.73. The second kappa shape index (κ2) is 4.99. The zero-order valence-electron chi connectivity index (χ0n) is 11.3. The van der Waals surface area contributed by atoms with Gasteiger partial charge in [0.2, 0.25) is 0 Å². The number of hydrogen-bond donors (Lipinski definition) is 1. The zero-order valence-corrected chi connectivity index (χ0v) is 11.3. The standard InChI is InChI=1S/C12H17F3N4O/c1-7(8-3-4-8)19(6-12(13,14)15)11(20)10-9(16)5-18(2)17-10/h5,7-8H,3-4,6,16H2,1-2H3. The number of rotatable bonds is 4. The average Bonchev–Trinajstić information content (AvgIpc) is 3.09. The van der Waals surface area contributed by atoms with E-state index in [0.717, 1.165) is 17.7 Å². The quantitative estimate of drug-likeness (QED) is 0.919. The lowest BCUT2D eigenvalue weighted by Crippen LogP contribution is -2.45. The van der Waals surface area contributed by atoms with Crippen LogP contribution in [-0.2, 0) is 7.05 Å². The summed E-state index contributed by atoms with van der Waals surface area (Å²) in [5.41, 5.74) is 5.59. The molecule has 1 atom stereocenters. The highest BCUT2D eigenvalue weighted by Gasteiger charge is 2.41. The first-order valence-electron chi connectivity index (χ1n) is 6.36. The molecular formula is C12H17F3N4O. The van der Waals surface area contributed by atoms with Crippen LogP contribution in [0.15, 0.2) is 6.20 Å². The van der Waals surface area contributed by atoms with Crippen molar-refractivity contribution in [2.24, 2.45) is 13.0 Å². The van der Waals surface area contributed by atoms with Crippen LogP contribution in [0.25, 0.3) is 0 Å². The molecule has 0 radical (unpaired) electrons. The van der Waals surface area contributed by atoms with Gasteiger partial charge in [-0.3, -0.25) is 9.48 Å². The molecule has 1 aromatic heterocycles. The van der Waals surface area contributed by atoms with E-state index in [2.05, 4.69) is 5.10 Å². The molecule has 5 nitrogen and oxygen atoms in total. The minimum atomic E-state index is -4.44. The normalized spacial score (nSPS) is 17.1. The minimum absolute atomic E-state index is 0.0904. The fraction of sp³-hybridized carbons (Fsp3) is 0.667. The van der Waals surface area contributed by atoms with Crippen LogP contribution >= 0.6 is 0 Å². The van der Waals surface area contributed by atoms with E-state index in [1.807, 2.05) is 0 Å². The average molecular weight is 290 g/mol. The Kier molecular flexibility index (Phi) is 3.66. The van der Waals surface area contributed by atoms with E-state index in [1.165, 1.54) is 10.9 Å². The Morgan fingerprint density at radius 1 is 1.60 bits per heavy atom. The molecular weight excluding hydrogens is 273 g/mol. The van der Waals surface area contributed by atoms with E-state index in [9.17, 15) is 18.0 Å². The molecule has 112 valence electrons. The summed E-state index contributed by atoms with van der Waals surface area (Å²) in [4.78, 5) is 13.1. The van der Waals surface area contributed by atoms with Crippen LogP contribution < -0.4 is 5.73 Å². The molecule has 1 aliphatic carbocycles. The molecule has 20 heavy (non-hydrogen) atoms. The van der Waals surface area contributed by atoms with Gasteiger partial charge >= 0.3 is 6.18 Å². The SMILES string of the molecule is CC(C1CC1)N(CC(F)(F)F)C(=O)c1nn(C)cc1N. The Morgan fingerprint density at radius 3 is 2.60 bits per heavy atom. The largest absolute Gasteiger partial charge is 0.406 e. The zero-order chi connectivity index (χ0) is 15.1. The summed E-state index contributed by atoms with van der Waals surface area (Å²) in [5.74, 6) is -0.633. The van der Waals surface area contributed by atoms with Crippen molar-refractivity contribution in [1.29, 1.82) is 0 Å². The number of carbonyl (C=O) groups excluding carboxylic acids is 1. The molecule has 0 saturated heterocycles. The summed E-state index contributed by atoms with van der Waals surface area (Å²) in [6, 6.07) is -0.467. The molecule has 1 saturated carbocycles. The van der Waals surface area contributed by atoms with Crippen molar-refractivity contribution in [3.8, 4) is 0 Å². The van der Waals surface area contributed by atoms with Crippen LogP contribution in [0.1, 0.15) is 30.3 Å². The van der Waals surface area contributed by atoms with Crippen molar-refractivity contribution in [2.75, 3.05) is 12.3 Å². The number of amides is 1. The maximum atomic E-state index is 12.7. The van der Waals surface area contributed by atoms with Crippen molar-refractivity contribution in [2.45, 2.75) is 32.0 Å². The summed E-state index contributed by atoms with van der Waals surface area (Å²) in [6.07, 6.45) is -1.34. The molecule has 8 heteroatoms. The van der Waals surface area contributed by atoms with Crippen LogP contribution in [0, 0.1) is 5.92 Å². The molecule has 1 aliphatic rings. The van der Waals surface area contributed by atoms with Gasteiger partial charge in [0.05, 0.1) is 5.69 Å². The van der Waals surface area contributed by atoms with Gasteiger partial charge in [-0.2, -0.15) is 18.3 Å². The predicted octanol–water partition coefficient (Wildman–Crippen LogP) is 1.81. The molecule has 0 spiro atoms. The number of halogens is 3. The lowest BCUT2D eigenvalue weighted by Gasteiger charge is -2.29. The van der Waals surface area contributed by atoms with E-state index >= 15 is 0 Å². The van der Waals surface area contributed by atoms with Gasteiger partial charge < -0.3 is 10.6 Å². The van der Waals surface area contributed by atoms with E-state index in [1.54, 1.807) is 14.0 Å². The number of aromatic nitrogens is 2. The smallest absolute Gasteiger partial charge is 0.396 e. The lowest BCUT2D eigenvalue weighted by atomic mass is 10.1. The number of nitrogens with zero attached hydrogens (tertiary/aromatic N) is 3. The van der Waals surface area contributed by atoms with E-state index in [0.29, 0.717) is 0 Å². The molecule has 0 aromatic carbocycles. The molecule has 1 heterocycles. The van der Waals surface area contributed by atoms with Gasteiger partial charge in [-0.1, -0.05) is 0 Å². The number of anilines is 1. The first kappa shape index (κ1) is 14.7. The monoisotopic (exact) mass is 290 g/mol.